The number of aromatic nitrogens is 1. The van der Waals surface area contributed by atoms with E-state index in [9.17, 15) is 4.79 Å². The first kappa shape index (κ1) is 21.0. The highest BCUT2D eigenvalue weighted by atomic mass is 32.1. The Balaban J connectivity index is 2.10. The maximum Gasteiger partial charge on any atom is 0.230 e. The number of anilines is 2. The summed E-state index contributed by atoms with van der Waals surface area (Å²) in [6.45, 7) is 8.52. The number of amides is 1. The predicted octanol–water partition coefficient (Wildman–Crippen LogP) is 4.04. The molecule has 2 rings (SSSR count). The van der Waals surface area contributed by atoms with Crippen molar-refractivity contribution in [3.8, 4) is 0 Å². The number of unbranched alkanes of at least 4 members (excludes halogenated alkanes) is 1. The number of aryl methyl sites for hydroxylation is 1. The van der Waals surface area contributed by atoms with E-state index in [1.807, 2.05) is 37.4 Å². The molecule has 0 radical (unpaired) electrons. The minimum absolute atomic E-state index is 0.0824. The molecule has 0 saturated carbocycles. The smallest absolute Gasteiger partial charge is 0.230 e. The minimum Gasteiger partial charge on any atom is -0.361 e. The normalized spacial score (nSPS) is 10.8. The summed E-state index contributed by atoms with van der Waals surface area (Å²) in [5.74, 6) is -0.0824. The largest absolute Gasteiger partial charge is 0.361 e. The Morgan fingerprint density at radius 3 is 2.89 bits per heavy atom. The van der Waals surface area contributed by atoms with E-state index in [-0.39, 0.29) is 5.91 Å². The number of nitrogens with zero attached hydrogens (tertiary/aromatic N) is 3. The van der Waals surface area contributed by atoms with Crippen molar-refractivity contribution in [1.29, 1.82) is 0 Å². The van der Waals surface area contributed by atoms with Gasteiger partial charge in [0.2, 0.25) is 5.91 Å². The monoisotopic (exact) mass is 403 g/mol. The third kappa shape index (κ3) is 5.83. The van der Waals surface area contributed by atoms with Crippen LogP contribution in [-0.2, 0) is 4.79 Å². The zero-order valence-corrected chi connectivity index (χ0v) is 17.7. The quantitative estimate of drug-likeness (QED) is 0.316. The summed E-state index contributed by atoms with van der Waals surface area (Å²) in [4.78, 5) is 18.4. The molecule has 1 aromatic carbocycles. The summed E-state index contributed by atoms with van der Waals surface area (Å²) < 4.78 is 0. The lowest BCUT2D eigenvalue weighted by Gasteiger charge is -2.21. The van der Waals surface area contributed by atoms with Gasteiger partial charge in [0.1, 0.15) is 0 Å². The number of carbonyl (C=O) groups is 1. The maximum absolute atomic E-state index is 12.3. The van der Waals surface area contributed by atoms with Crippen LogP contribution in [0.2, 0.25) is 0 Å². The molecule has 0 fully saturated rings. The first-order valence-electron chi connectivity index (χ1n) is 8.83. The SMILES string of the molecule is CCCCNC(=S)N/N=C\c1csc(N(C(C)=O)c2cccc(C)c2C)n1. The molecule has 0 aliphatic carbocycles. The fraction of sp³-hybridized carbons (Fsp3) is 0.368. The van der Waals surface area contributed by atoms with E-state index in [4.69, 9.17) is 12.2 Å². The highest BCUT2D eigenvalue weighted by Crippen LogP contribution is 2.32. The van der Waals surface area contributed by atoms with Gasteiger partial charge < -0.3 is 5.32 Å². The number of hydrazone groups is 1. The zero-order valence-electron chi connectivity index (χ0n) is 16.1. The molecular formula is C19H25N5OS2. The summed E-state index contributed by atoms with van der Waals surface area (Å²) in [6, 6.07) is 5.90. The van der Waals surface area contributed by atoms with E-state index in [1.54, 1.807) is 18.0 Å². The standard InChI is InChI=1S/C19H25N5OS2/c1-5-6-10-20-18(26)23-21-11-16-12-27-19(22-16)24(15(4)25)17-9-7-8-13(2)14(17)3/h7-9,11-12H,5-6,10H2,1-4H3,(H2,20,23,26)/b21-11-. The van der Waals surface area contributed by atoms with E-state index in [0.717, 1.165) is 36.2 Å². The molecule has 2 N–H and O–H groups in total. The summed E-state index contributed by atoms with van der Waals surface area (Å²) in [5, 5.41) is 10.1. The highest BCUT2D eigenvalue weighted by Gasteiger charge is 2.19. The van der Waals surface area contributed by atoms with E-state index in [2.05, 4.69) is 27.8 Å². The topological polar surface area (TPSA) is 69.6 Å². The van der Waals surface area contributed by atoms with Crippen molar-refractivity contribution < 1.29 is 4.79 Å². The number of nitrogens with one attached hydrogen (secondary N) is 2. The van der Waals surface area contributed by atoms with Crippen LogP contribution in [0.5, 0.6) is 0 Å². The Hall–Kier alpha value is -2.32. The molecule has 0 atom stereocenters. The molecule has 0 spiro atoms. The van der Waals surface area contributed by atoms with E-state index < -0.39 is 0 Å². The molecule has 8 heteroatoms. The lowest BCUT2D eigenvalue weighted by atomic mass is 10.1. The maximum atomic E-state index is 12.3. The Bertz CT molecular complexity index is 831. The van der Waals surface area contributed by atoms with Gasteiger partial charge in [-0.1, -0.05) is 25.5 Å². The van der Waals surface area contributed by atoms with Crippen LogP contribution in [0.25, 0.3) is 0 Å². The van der Waals surface area contributed by atoms with Gasteiger partial charge in [-0.05, 0) is 49.7 Å². The summed E-state index contributed by atoms with van der Waals surface area (Å²) in [5.41, 5.74) is 6.47. The molecular weight excluding hydrogens is 378 g/mol. The Labute approximate surface area is 169 Å². The average molecular weight is 404 g/mol. The summed E-state index contributed by atoms with van der Waals surface area (Å²) in [7, 11) is 0. The van der Waals surface area contributed by atoms with Crippen LogP contribution in [0.1, 0.15) is 43.5 Å². The van der Waals surface area contributed by atoms with Crippen molar-refractivity contribution in [1.82, 2.24) is 15.7 Å². The van der Waals surface area contributed by atoms with Gasteiger partial charge in [0.25, 0.3) is 0 Å². The first-order chi connectivity index (χ1) is 12.9. The fourth-order valence-corrected chi connectivity index (χ4v) is 3.38. The van der Waals surface area contributed by atoms with Crippen molar-refractivity contribution in [2.75, 3.05) is 11.4 Å². The van der Waals surface area contributed by atoms with Gasteiger partial charge in [0.15, 0.2) is 10.2 Å². The highest BCUT2D eigenvalue weighted by molar-refractivity contribution is 7.80. The number of rotatable bonds is 7. The molecule has 0 aliphatic rings. The molecule has 1 amide bonds. The van der Waals surface area contributed by atoms with Gasteiger partial charge in [-0.3, -0.25) is 15.1 Å². The number of thiocarbonyl (C=S) groups is 1. The van der Waals surface area contributed by atoms with Crippen LogP contribution in [-0.4, -0.2) is 28.8 Å². The van der Waals surface area contributed by atoms with Crippen molar-refractivity contribution in [2.45, 2.75) is 40.5 Å². The van der Waals surface area contributed by atoms with Gasteiger partial charge >= 0.3 is 0 Å². The molecule has 0 bridgehead atoms. The van der Waals surface area contributed by atoms with Crippen molar-refractivity contribution in [3.05, 3.63) is 40.4 Å². The lowest BCUT2D eigenvalue weighted by molar-refractivity contribution is -0.115. The van der Waals surface area contributed by atoms with E-state index in [0.29, 0.717) is 15.9 Å². The number of carbonyl (C=O) groups excluding carboxylic acids is 1. The fourth-order valence-electron chi connectivity index (χ4n) is 2.40. The summed E-state index contributed by atoms with van der Waals surface area (Å²) in [6.07, 6.45) is 3.75. The number of hydrogen-bond donors (Lipinski definition) is 2. The molecule has 27 heavy (non-hydrogen) atoms. The molecule has 0 unspecified atom stereocenters. The lowest BCUT2D eigenvalue weighted by Crippen LogP contribution is -2.32. The van der Waals surface area contributed by atoms with Gasteiger partial charge in [0, 0.05) is 18.8 Å². The molecule has 144 valence electrons. The van der Waals surface area contributed by atoms with Crippen molar-refractivity contribution in [2.24, 2.45) is 5.10 Å². The number of hydrogen-bond acceptors (Lipinski definition) is 5. The van der Waals surface area contributed by atoms with Crippen molar-refractivity contribution >= 4 is 51.6 Å². The van der Waals surface area contributed by atoms with Gasteiger partial charge in [-0.25, -0.2) is 4.98 Å². The van der Waals surface area contributed by atoms with E-state index in [1.165, 1.54) is 11.3 Å². The second kappa shape index (κ2) is 10.1. The average Bonchev–Trinajstić information content (AvgIpc) is 3.07. The number of benzene rings is 1. The first-order valence-corrected chi connectivity index (χ1v) is 10.1. The second-order valence-electron chi connectivity index (χ2n) is 6.11. The molecule has 0 saturated heterocycles. The molecule has 6 nitrogen and oxygen atoms in total. The molecule has 0 aliphatic heterocycles. The Morgan fingerprint density at radius 2 is 2.19 bits per heavy atom. The molecule has 2 aromatic rings. The Kier molecular flexibility index (Phi) is 7.87. The second-order valence-corrected chi connectivity index (χ2v) is 7.35. The van der Waals surface area contributed by atoms with Crippen LogP contribution >= 0.6 is 23.6 Å². The van der Waals surface area contributed by atoms with Crippen LogP contribution < -0.4 is 15.6 Å². The van der Waals surface area contributed by atoms with Crippen LogP contribution in [0.4, 0.5) is 10.8 Å². The van der Waals surface area contributed by atoms with Gasteiger partial charge in [-0.15, -0.1) is 11.3 Å². The zero-order chi connectivity index (χ0) is 19.8. The van der Waals surface area contributed by atoms with Crippen LogP contribution in [0.3, 0.4) is 0 Å². The third-order valence-corrected chi connectivity index (χ3v) is 5.09. The van der Waals surface area contributed by atoms with Gasteiger partial charge in [-0.2, -0.15) is 5.10 Å². The van der Waals surface area contributed by atoms with Crippen LogP contribution in [0, 0.1) is 13.8 Å². The minimum atomic E-state index is -0.0824. The Morgan fingerprint density at radius 1 is 1.41 bits per heavy atom. The molecule has 1 heterocycles. The summed E-state index contributed by atoms with van der Waals surface area (Å²) >= 11 is 6.55. The van der Waals surface area contributed by atoms with Crippen molar-refractivity contribution in [3.63, 3.8) is 0 Å². The molecule has 1 aromatic heterocycles. The van der Waals surface area contributed by atoms with Gasteiger partial charge in [0.05, 0.1) is 17.6 Å². The number of thiazole rings is 1. The predicted molar refractivity (Wildman–Crippen MR) is 117 cm³/mol. The van der Waals surface area contributed by atoms with E-state index >= 15 is 0 Å². The third-order valence-electron chi connectivity index (χ3n) is 4.01. The van der Waals surface area contributed by atoms with Crippen LogP contribution in [0.15, 0.2) is 28.7 Å².